The molecule has 0 bridgehead atoms. The summed E-state index contributed by atoms with van der Waals surface area (Å²) in [5.74, 6) is 0. The van der Waals surface area contributed by atoms with Gasteiger partial charge in [0.25, 0.3) is 0 Å². The Bertz CT molecular complexity index is 565. The summed E-state index contributed by atoms with van der Waals surface area (Å²) in [4.78, 5) is 0. The number of hydrogen-bond donors (Lipinski definition) is 0. The summed E-state index contributed by atoms with van der Waals surface area (Å²) in [5.41, 5.74) is 1.89. The van der Waals surface area contributed by atoms with Gasteiger partial charge < -0.3 is 5.21 Å². The lowest BCUT2D eigenvalue weighted by Crippen LogP contribution is -1.98. The van der Waals surface area contributed by atoms with E-state index >= 15 is 0 Å². The second kappa shape index (κ2) is 4.95. The molecule has 0 saturated heterocycles. The maximum absolute atomic E-state index is 11.8. The molecule has 0 saturated carbocycles. The highest BCUT2D eigenvalue weighted by molar-refractivity contribution is 5.76. The summed E-state index contributed by atoms with van der Waals surface area (Å²) in [6.07, 6.45) is 1.50. The molecule has 82 valence electrons. The van der Waals surface area contributed by atoms with Crippen molar-refractivity contribution in [1.29, 1.82) is 5.26 Å². The van der Waals surface area contributed by atoms with Crippen molar-refractivity contribution >= 4 is 11.9 Å². The average Bonchev–Trinajstić information content (AvgIpc) is 2.40. The van der Waals surface area contributed by atoms with Crippen molar-refractivity contribution in [3.8, 4) is 6.07 Å². The lowest BCUT2D eigenvalue weighted by molar-refractivity contribution is -0.354. The first-order chi connectivity index (χ1) is 8.29. The van der Waals surface area contributed by atoms with Crippen LogP contribution in [0.1, 0.15) is 11.1 Å². The Hall–Kier alpha value is -2.60. The minimum atomic E-state index is 0.507. The van der Waals surface area contributed by atoms with Crippen LogP contribution in [0.5, 0.6) is 0 Å². The van der Waals surface area contributed by atoms with E-state index < -0.39 is 0 Å². The van der Waals surface area contributed by atoms with Crippen molar-refractivity contribution in [2.75, 3.05) is 0 Å². The quantitative estimate of drug-likeness (QED) is 0.339. The van der Waals surface area contributed by atoms with Gasteiger partial charge in [-0.25, -0.2) is 0 Å². The highest BCUT2D eigenvalue weighted by atomic mass is 16.5. The standard InChI is InChI=1S/C14H10N2O/c15-10-12-6-8-14(9-7-12)16(17)11-13-4-2-1-3-5-13/h1-9,11H/b16-11+. The number of nitrogens with zero attached hydrogens (tertiary/aromatic N) is 2. The van der Waals surface area contributed by atoms with E-state index in [1.807, 2.05) is 36.4 Å². The van der Waals surface area contributed by atoms with Crippen molar-refractivity contribution in [3.05, 3.63) is 70.9 Å². The van der Waals surface area contributed by atoms with Gasteiger partial charge in [0.1, 0.15) is 0 Å². The van der Waals surface area contributed by atoms with Crippen molar-refractivity contribution in [2.45, 2.75) is 0 Å². The van der Waals surface area contributed by atoms with Gasteiger partial charge in [-0.05, 0) is 24.3 Å². The molecule has 0 aliphatic carbocycles. The van der Waals surface area contributed by atoms with E-state index in [2.05, 4.69) is 0 Å². The second-order valence-electron chi connectivity index (χ2n) is 3.52. The fourth-order valence-corrected chi connectivity index (χ4v) is 1.43. The molecule has 3 heteroatoms. The Labute approximate surface area is 99.5 Å². The van der Waals surface area contributed by atoms with E-state index in [1.54, 1.807) is 24.3 Å². The molecule has 17 heavy (non-hydrogen) atoms. The van der Waals surface area contributed by atoms with Gasteiger partial charge in [-0.1, -0.05) is 18.2 Å². The molecule has 0 spiro atoms. The van der Waals surface area contributed by atoms with Gasteiger partial charge in [0, 0.05) is 17.7 Å². The summed E-state index contributed by atoms with van der Waals surface area (Å²) in [6, 6.07) is 17.9. The Balaban J connectivity index is 2.28. The van der Waals surface area contributed by atoms with Crippen LogP contribution in [-0.2, 0) is 0 Å². The monoisotopic (exact) mass is 222 g/mol. The number of benzene rings is 2. The van der Waals surface area contributed by atoms with Crippen molar-refractivity contribution in [3.63, 3.8) is 0 Å². The predicted molar refractivity (Wildman–Crippen MR) is 66.1 cm³/mol. The third kappa shape index (κ3) is 2.70. The summed E-state index contributed by atoms with van der Waals surface area (Å²) in [6.45, 7) is 0. The zero-order chi connectivity index (χ0) is 12.1. The second-order valence-corrected chi connectivity index (χ2v) is 3.52. The lowest BCUT2D eigenvalue weighted by atomic mass is 10.2. The Morgan fingerprint density at radius 1 is 1.00 bits per heavy atom. The zero-order valence-electron chi connectivity index (χ0n) is 9.08. The molecule has 0 heterocycles. The molecular weight excluding hydrogens is 212 g/mol. The Morgan fingerprint density at radius 3 is 2.24 bits per heavy atom. The molecule has 2 aromatic rings. The molecular formula is C14H10N2O. The highest BCUT2D eigenvalue weighted by Gasteiger charge is 2.01. The minimum absolute atomic E-state index is 0.507. The van der Waals surface area contributed by atoms with Crippen LogP contribution in [0.4, 0.5) is 5.69 Å². The maximum atomic E-state index is 11.8. The predicted octanol–water partition coefficient (Wildman–Crippen LogP) is 2.82. The fraction of sp³-hybridized carbons (Fsp3) is 0. The van der Waals surface area contributed by atoms with E-state index in [0.717, 1.165) is 10.3 Å². The molecule has 0 aliphatic heterocycles. The van der Waals surface area contributed by atoms with E-state index in [1.165, 1.54) is 6.21 Å². The van der Waals surface area contributed by atoms with Gasteiger partial charge in [-0.3, -0.25) is 0 Å². The molecule has 2 rings (SSSR count). The van der Waals surface area contributed by atoms with Crippen molar-refractivity contribution < 1.29 is 4.74 Å². The molecule has 0 radical (unpaired) electrons. The first-order valence-electron chi connectivity index (χ1n) is 5.16. The van der Waals surface area contributed by atoms with Gasteiger partial charge in [0.2, 0.25) is 5.69 Å². The van der Waals surface area contributed by atoms with Gasteiger partial charge in [0.05, 0.1) is 11.6 Å². The number of nitriles is 1. The van der Waals surface area contributed by atoms with Gasteiger partial charge >= 0.3 is 0 Å². The molecule has 2 aromatic carbocycles. The van der Waals surface area contributed by atoms with Crippen LogP contribution in [-0.4, -0.2) is 11.0 Å². The van der Waals surface area contributed by atoms with Crippen LogP contribution in [0.2, 0.25) is 0 Å². The van der Waals surface area contributed by atoms with Crippen LogP contribution in [0.15, 0.2) is 54.6 Å². The Kier molecular flexibility index (Phi) is 3.18. The first kappa shape index (κ1) is 10.9. The zero-order valence-corrected chi connectivity index (χ0v) is 9.08. The third-order valence-corrected chi connectivity index (χ3v) is 2.32. The molecule has 0 unspecified atom stereocenters. The number of rotatable bonds is 2. The summed E-state index contributed by atoms with van der Waals surface area (Å²) in [7, 11) is 0. The highest BCUT2D eigenvalue weighted by Crippen LogP contribution is 2.12. The van der Waals surface area contributed by atoms with E-state index in [-0.39, 0.29) is 0 Å². The van der Waals surface area contributed by atoms with Gasteiger partial charge in [-0.15, -0.1) is 0 Å². The normalized spacial score (nSPS) is 10.9. The summed E-state index contributed by atoms with van der Waals surface area (Å²) < 4.78 is 0.788. The van der Waals surface area contributed by atoms with Crippen LogP contribution in [0.3, 0.4) is 0 Å². The van der Waals surface area contributed by atoms with Crippen molar-refractivity contribution in [1.82, 2.24) is 0 Å². The van der Waals surface area contributed by atoms with Crippen LogP contribution in [0.25, 0.3) is 0 Å². The van der Waals surface area contributed by atoms with Crippen LogP contribution in [0, 0.1) is 16.5 Å². The molecule has 0 N–H and O–H groups in total. The topological polar surface area (TPSA) is 49.9 Å². The van der Waals surface area contributed by atoms with E-state index in [0.29, 0.717) is 11.3 Å². The van der Waals surface area contributed by atoms with E-state index in [4.69, 9.17) is 5.26 Å². The molecule has 0 amide bonds. The number of hydrogen-bond acceptors (Lipinski definition) is 2. The first-order valence-corrected chi connectivity index (χ1v) is 5.16. The van der Waals surface area contributed by atoms with Crippen molar-refractivity contribution in [2.24, 2.45) is 0 Å². The smallest absolute Gasteiger partial charge is 0.216 e. The molecule has 0 aromatic heterocycles. The molecule has 0 atom stereocenters. The summed E-state index contributed by atoms with van der Waals surface area (Å²) >= 11 is 0. The Morgan fingerprint density at radius 2 is 1.65 bits per heavy atom. The largest absolute Gasteiger partial charge is 0.618 e. The maximum Gasteiger partial charge on any atom is 0.216 e. The van der Waals surface area contributed by atoms with Gasteiger partial charge in [-0.2, -0.15) is 10.0 Å². The van der Waals surface area contributed by atoms with E-state index in [9.17, 15) is 5.21 Å². The third-order valence-electron chi connectivity index (χ3n) is 2.32. The SMILES string of the molecule is N#Cc1ccc(/[N+]([O-])=C\c2ccccc2)cc1. The van der Waals surface area contributed by atoms with Crippen LogP contribution < -0.4 is 0 Å². The fourth-order valence-electron chi connectivity index (χ4n) is 1.43. The van der Waals surface area contributed by atoms with Crippen LogP contribution >= 0.6 is 0 Å². The molecule has 3 nitrogen and oxygen atoms in total. The summed E-state index contributed by atoms with van der Waals surface area (Å²) in [5, 5.41) is 20.4. The lowest BCUT2D eigenvalue weighted by Gasteiger charge is -2.02. The molecule has 0 fully saturated rings. The molecule has 0 aliphatic rings. The average molecular weight is 222 g/mol. The van der Waals surface area contributed by atoms with Gasteiger partial charge in [0.15, 0.2) is 6.21 Å². The minimum Gasteiger partial charge on any atom is -0.618 e.